The van der Waals surface area contributed by atoms with Gasteiger partial charge in [0.15, 0.2) is 5.82 Å². The van der Waals surface area contributed by atoms with Crippen LogP contribution < -0.4 is 10.1 Å². The van der Waals surface area contributed by atoms with Crippen LogP contribution in [-0.4, -0.2) is 21.0 Å². The summed E-state index contributed by atoms with van der Waals surface area (Å²) in [6, 6.07) is 7.86. The van der Waals surface area contributed by atoms with Gasteiger partial charge >= 0.3 is 12.2 Å². The summed E-state index contributed by atoms with van der Waals surface area (Å²) in [5.74, 6) is 0.222. The molecule has 3 rings (SSSR count). The van der Waals surface area contributed by atoms with Crippen molar-refractivity contribution in [1.82, 2.24) is 15.1 Å². The molecule has 7 nitrogen and oxygen atoms in total. The molecule has 0 atom stereocenters. The molecule has 1 aromatic carbocycles. The van der Waals surface area contributed by atoms with Crippen molar-refractivity contribution in [3.8, 4) is 11.6 Å². The van der Waals surface area contributed by atoms with Crippen molar-refractivity contribution in [2.24, 2.45) is 0 Å². The second-order valence-corrected chi connectivity index (χ2v) is 5.11. The summed E-state index contributed by atoms with van der Waals surface area (Å²) in [7, 11) is 0. The molecule has 0 aliphatic heterocycles. The van der Waals surface area contributed by atoms with Crippen molar-refractivity contribution in [2.75, 3.05) is 5.32 Å². The number of ether oxygens (including phenoxy) is 1. The van der Waals surface area contributed by atoms with Gasteiger partial charge in [-0.1, -0.05) is 5.16 Å². The second kappa shape index (κ2) is 6.82. The Morgan fingerprint density at radius 2 is 1.88 bits per heavy atom. The fourth-order valence-corrected chi connectivity index (χ4v) is 1.92. The number of anilines is 1. The van der Waals surface area contributed by atoms with Crippen LogP contribution in [0.2, 0.25) is 0 Å². The first-order chi connectivity index (χ1) is 12.3. The zero-order valence-corrected chi connectivity index (χ0v) is 13.2. The van der Waals surface area contributed by atoms with Gasteiger partial charge in [-0.05, 0) is 37.3 Å². The zero-order valence-electron chi connectivity index (χ0n) is 13.2. The minimum absolute atomic E-state index is 0.00321. The molecule has 3 aromatic rings. The number of nitrogens with one attached hydrogen (secondary N) is 1. The maximum absolute atomic E-state index is 12.5. The Labute approximate surface area is 144 Å². The smallest absolute Gasteiger partial charge is 0.417 e. The van der Waals surface area contributed by atoms with E-state index in [9.17, 15) is 18.0 Å². The Morgan fingerprint density at radius 1 is 1.15 bits per heavy atom. The van der Waals surface area contributed by atoms with Crippen LogP contribution >= 0.6 is 0 Å². The Bertz CT molecular complexity index is 906. The van der Waals surface area contributed by atoms with Crippen molar-refractivity contribution in [1.29, 1.82) is 0 Å². The Hall–Kier alpha value is -3.43. The lowest BCUT2D eigenvalue weighted by atomic mass is 10.2. The van der Waals surface area contributed by atoms with Gasteiger partial charge in [-0.15, -0.1) is 0 Å². The second-order valence-electron chi connectivity index (χ2n) is 5.11. The first-order valence-electron chi connectivity index (χ1n) is 7.24. The molecule has 26 heavy (non-hydrogen) atoms. The molecule has 134 valence electrons. The normalized spacial score (nSPS) is 11.2. The largest absolute Gasteiger partial charge is 0.439 e. The molecule has 0 bridgehead atoms. The van der Waals surface area contributed by atoms with Gasteiger partial charge in [0.1, 0.15) is 5.75 Å². The molecule has 0 aliphatic rings. The number of carbonyl (C=O) groups is 1. The highest BCUT2D eigenvalue weighted by atomic mass is 19.4. The summed E-state index contributed by atoms with van der Waals surface area (Å²) in [6.07, 6.45) is -3.78. The number of aryl methyl sites for hydroxylation is 1. The van der Waals surface area contributed by atoms with Crippen LogP contribution in [-0.2, 0) is 6.18 Å². The third kappa shape index (κ3) is 4.15. The summed E-state index contributed by atoms with van der Waals surface area (Å²) in [4.78, 5) is 19.5. The van der Waals surface area contributed by atoms with Crippen LogP contribution in [0.4, 0.5) is 19.2 Å². The van der Waals surface area contributed by atoms with Crippen LogP contribution in [0.15, 0.2) is 47.1 Å². The topological polar surface area (TPSA) is 90.1 Å². The number of amides is 1. The predicted octanol–water partition coefficient (Wildman–Crippen LogP) is 3.84. The molecular formula is C16H11F3N4O3. The average molecular weight is 364 g/mol. The van der Waals surface area contributed by atoms with Crippen LogP contribution in [0.1, 0.15) is 21.7 Å². The number of aromatic nitrogens is 3. The summed E-state index contributed by atoms with van der Waals surface area (Å²) >= 11 is 0. The van der Waals surface area contributed by atoms with Gasteiger partial charge in [-0.3, -0.25) is 10.1 Å². The van der Waals surface area contributed by atoms with E-state index in [1.54, 1.807) is 6.92 Å². The Kier molecular flexibility index (Phi) is 4.57. The lowest BCUT2D eigenvalue weighted by Gasteiger charge is -2.08. The first-order valence-corrected chi connectivity index (χ1v) is 7.24. The molecule has 0 unspecified atom stereocenters. The van der Waals surface area contributed by atoms with Gasteiger partial charge in [-0.2, -0.15) is 18.2 Å². The molecule has 0 aliphatic carbocycles. The first kappa shape index (κ1) is 17.4. The maximum atomic E-state index is 12.5. The lowest BCUT2D eigenvalue weighted by molar-refractivity contribution is -0.137. The number of rotatable bonds is 4. The molecule has 0 fully saturated rings. The Morgan fingerprint density at radius 3 is 2.42 bits per heavy atom. The number of carbonyl (C=O) groups excluding carboxylic acids is 1. The number of hydrogen-bond acceptors (Lipinski definition) is 6. The predicted molar refractivity (Wildman–Crippen MR) is 82.7 cm³/mol. The quantitative estimate of drug-likeness (QED) is 0.757. The molecule has 0 saturated heterocycles. The molecule has 10 heteroatoms. The van der Waals surface area contributed by atoms with Gasteiger partial charge in [0.2, 0.25) is 5.88 Å². The summed E-state index contributed by atoms with van der Waals surface area (Å²) in [5, 5.41) is 5.98. The van der Waals surface area contributed by atoms with Crippen LogP contribution in [0.3, 0.4) is 0 Å². The van der Waals surface area contributed by atoms with E-state index in [1.807, 2.05) is 0 Å². The van der Waals surface area contributed by atoms with E-state index in [4.69, 9.17) is 9.26 Å². The molecule has 1 amide bonds. The van der Waals surface area contributed by atoms with E-state index in [0.717, 1.165) is 12.1 Å². The van der Waals surface area contributed by atoms with Crippen molar-refractivity contribution >= 4 is 11.9 Å². The zero-order chi connectivity index (χ0) is 18.7. The maximum Gasteiger partial charge on any atom is 0.417 e. The average Bonchev–Trinajstić information content (AvgIpc) is 3.00. The van der Waals surface area contributed by atoms with E-state index < -0.39 is 17.6 Å². The summed E-state index contributed by atoms with van der Waals surface area (Å²) < 4.78 is 47.6. The number of pyridine rings is 1. The fraction of sp³-hybridized carbons (Fsp3) is 0.125. The van der Waals surface area contributed by atoms with Gasteiger partial charge in [0.25, 0.3) is 5.91 Å². The molecule has 0 saturated carbocycles. The number of halogens is 3. The number of nitrogens with zero attached hydrogens (tertiary/aromatic N) is 3. The van der Waals surface area contributed by atoms with Crippen LogP contribution in [0, 0.1) is 6.92 Å². The monoisotopic (exact) mass is 364 g/mol. The number of benzene rings is 1. The summed E-state index contributed by atoms with van der Waals surface area (Å²) in [6.45, 7) is 1.61. The molecular weight excluding hydrogens is 353 g/mol. The van der Waals surface area contributed by atoms with E-state index in [-0.39, 0.29) is 11.9 Å². The van der Waals surface area contributed by atoms with Crippen LogP contribution in [0.25, 0.3) is 0 Å². The highest BCUT2D eigenvalue weighted by molar-refractivity contribution is 6.03. The molecule has 0 radical (unpaired) electrons. The van der Waals surface area contributed by atoms with E-state index in [1.165, 1.54) is 24.3 Å². The van der Waals surface area contributed by atoms with E-state index >= 15 is 0 Å². The number of hydrogen-bond donors (Lipinski definition) is 1. The van der Waals surface area contributed by atoms with E-state index in [0.29, 0.717) is 23.3 Å². The fourth-order valence-electron chi connectivity index (χ4n) is 1.92. The van der Waals surface area contributed by atoms with Crippen molar-refractivity contribution < 1.29 is 27.2 Å². The van der Waals surface area contributed by atoms with Gasteiger partial charge in [0, 0.05) is 17.8 Å². The third-order valence-electron chi connectivity index (χ3n) is 3.15. The van der Waals surface area contributed by atoms with Crippen molar-refractivity contribution in [3.05, 3.63) is 59.5 Å². The lowest BCUT2D eigenvalue weighted by Crippen LogP contribution is -2.11. The minimum atomic E-state index is -4.46. The summed E-state index contributed by atoms with van der Waals surface area (Å²) in [5.41, 5.74) is -0.568. The third-order valence-corrected chi connectivity index (χ3v) is 3.15. The molecule has 2 heterocycles. The number of alkyl halides is 3. The molecule has 0 spiro atoms. The minimum Gasteiger partial charge on any atom is -0.439 e. The SMILES string of the molecule is Cc1noc(NC(=O)c2ccc(Oc3ccc(C(F)(F)F)cn3)cc2)n1. The highest BCUT2D eigenvalue weighted by Crippen LogP contribution is 2.30. The van der Waals surface area contributed by atoms with Gasteiger partial charge in [-0.25, -0.2) is 4.98 Å². The van der Waals surface area contributed by atoms with E-state index in [2.05, 4.69) is 20.4 Å². The molecule has 1 N–H and O–H groups in total. The van der Waals surface area contributed by atoms with Crippen molar-refractivity contribution in [2.45, 2.75) is 13.1 Å². The highest BCUT2D eigenvalue weighted by Gasteiger charge is 2.30. The standard InChI is InChI=1S/C16H11F3N4O3/c1-9-21-15(26-23-9)22-14(24)10-2-5-12(6-3-10)25-13-7-4-11(8-20-13)16(17,18)19/h2-8H,1H3,(H,21,22,23,24). The van der Waals surface area contributed by atoms with Crippen molar-refractivity contribution in [3.63, 3.8) is 0 Å². The van der Waals surface area contributed by atoms with Crippen LogP contribution in [0.5, 0.6) is 11.6 Å². The Balaban J connectivity index is 1.65. The van der Waals surface area contributed by atoms with Gasteiger partial charge in [0.05, 0.1) is 5.56 Å². The van der Waals surface area contributed by atoms with Gasteiger partial charge < -0.3 is 9.26 Å². The molecule has 2 aromatic heterocycles.